The second kappa shape index (κ2) is 54.5. The summed E-state index contributed by atoms with van der Waals surface area (Å²) in [7, 11) is -9.88. The maximum Gasteiger partial charge on any atom is 0.472 e. The maximum atomic E-state index is 13.0. The molecule has 0 heterocycles. The summed E-state index contributed by atoms with van der Waals surface area (Å²) in [6.07, 6.45) is 35.3. The Morgan fingerprint density at radius 2 is 0.622 bits per heavy atom. The summed E-state index contributed by atoms with van der Waals surface area (Å²) in [5.41, 5.74) is 0. The topological polar surface area (TPSA) is 237 Å². The van der Waals surface area contributed by atoms with E-state index < -0.39 is 97.5 Å². The number of phosphoric ester groups is 2. The predicted molar refractivity (Wildman–Crippen MR) is 326 cm³/mol. The van der Waals surface area contributed by atoms with Gasteiger partial charge in [0.05, 0.1) is 26.4 Å². The third kappa shape index (κ3) is 54.7. The molecule has 19 heteroatoms. The second-order valence-corrected chi connectivity index (χ2v) is 26.7. The molecule has 0 aliphatic heterocycles. The highest BCUT2D eigenvalue weighted by molar-refractivity contribution is 7.47. The van der Waals surface area contributed by atoms with Gasteiger partial charge in [-0.3, -0.25) is 37.3 Å². The van der Waals surface area contributed by atoms with Crippen LogP contribution in [0.4, 0.5) is 0 Å². The van der Waals surface area contributed by atoms with Crippen LogP contribution in [0.3, 0.4) is 0 Å². The zero-order chi connectivity index (χ0) is 61.0. The van der Waals surface area contributed by atoms with Crippen molar-refractivity contribution < 1.29 is 80.2 Å². The van der Waals surface area contributed by atoms with Gasteiger partial charge >= 0.3 is 39.5 Å². The quantitative estimate of drug-likeness (QED) is 0.0222. The minimum atomic E-state index is -4.94. The van der Waals surface area contributed by atoms with Crippen molar-refractivity contribution >= 4 is 39.5 Å². The van der Waals surface area contributed by atoms with Crippen molar-refractivity contribution in [1.82, 2.24) is 0 Å². The second-order valence-electron chi connectivity index (χ2n) is 23.8. The molecule has 0 amide bonds. The van der Waals surface area contributed by atoms with Gasteiger partial charge in [0.15, 0.2) is 12.2 Å². The summed E-state index contributed by atoms with van der Waals surface area (Å²) in [5.74, 6) is 0.0955. The maximum absolute atomic E-state index is 13.0. The number of aliphatic hydroxyl groups is 1. The molecule has 486 valence electrons. The Bertz CT molecular complexity index is 1630. The first kappa shape index (κ1) is 80.1. The number of hydrogen-bond donors (Lipinski definition) is 3. The third-order valence-electron chi connectivity index (χ3n) is 15.1. The molecule has 0 saturated carbocycles. The van der Waals surface area contributed by atoms with Gasteiger partial charge < -0.3 is 33.8 Å². The lowest BCUT2D eigenvalue weighted by Crippen LogP contribution is -2.30. The van der Waals surface area contributed by atoms with Crippen LogP contribution in [0.25, 0.3) is 0 Å². The number of carbonyl (C=O) groups excluding carboxylic acids is 4. The van der Waals surface area contributed by atoms with E-state index in [2.05, 4.69) is 48.5 Å². The van der Waals surface area contributed by atoms with Crippen molar-refractivity contribution in [2.75, 3.05) is 39.6 Å². The highest BCUT2D eigenvalue weighted by Gasteiger charge is 2.30. The zero-order valence-electron chi connectivity index (χ0n) is 52.9. The highest BCUT2D eigenvalue weighted by atomic mass is 31.2. The van der Waals surface area contributed by atoms with E-state index in [1.54, 1.807) is 0 Å². The molecule has 17 nitrogen and oxygen atoms in total. The van der Waals surface area contributed by atoms with E-state index in [0.29, 0.717) is 25.7 Å². The molecule has 0 radical (unpaired) electrons. The van der Waals surface area contributed by atoms with Crippen LogP contribution < -0.4 is 0 Å². The number of aliphatic hydroxyl groups excluding tert-OH is 1. The molecule has 0 saturated heterocycles. The first-order valence-corrected chi connectivity index (χ1v) is 35.9. The molecule has 0 fully saturated rings. The van der Waals surface area contributed by atoms with Gasteiger partial charge in [-0.2, -0.15) is 0 Å². The molecular formula is C63H122O17P2. The fourth-order valence-corrected chi connectivity index (χ4v) is 10.8. The summed E-state index contributed by atoms with van der Waals surface area (Å²) in [4.78, 5) is 71.9. The Kier molecular flexibility index (Phi) is 53.2. The average Bonchev–Trinajstić information content (AvgIpc) is 3.44. The van der Waals surface area contributed by atoms with E-state index >= 15 is 0 Å². The lowest BCUT2D eigenvalue weighted by Gasteiger charge is -2.21. The summed E-state index contributed by atoms with van der Waals surface area (Å²) >= 11 is 0. The number of esters is 4. The van der Waals surface area contributed by atoms with Crippen molar-refractivity contribution in [2.45, 2.75) is 324 Å². The molecule has 0 spiro atoms. The van der Waals surface area contributed by atoms with Crippen molar-refractivity contribution in [3.63, 3.8) is 0 Å². The van der Waals surface area contributed by atoms with Crippen molar-refractivity contribution in [3.05, 3.63) is 0 Å². The van der Waals surface area contributed by atoms with Gasteiger partial charge in [0.25, 0.3) is 0 Å². The predicted octanol–water partition coefficient (Wildman–Crippen LogP) is 17.1. The van der Waals surface area contributed by atoms with Gasteiger partial charge in [-0.15, -0.1) is 0 Å². The minimum Gasteiger partial charge on any atom is -0.462 e. The molecule has 0 bridgehead atoms. The SMILES string of the molecule is CCCCCCCC(=O)OC[C@H](COP(=O)(O)OC[C@H](O)COP(=O)(O)OC[C@@H](COC(=O)CCCCCCCCC(C)CC)OC(=O)CCCCCCCCCCCCCCCCC(C)C)OC(=O)CCCCCCCCC(C)CC. The number of carbonyl (C=O) groups is 4. The van der Waals surface area contributed by atoms with E-state index in [4.69, 9.17) is 37.0 Å². The molecule has 0 aliphatic rings. The summed E-state index contributed by atoms with van der Waals surface area (Å²) in [6.45, 7) is 11.6. The summed E-state index contributed by atoms with van der Waals surface area (Å²) in [5, 5.41) is 10.5. The Hall–Kier alpha value is -1.94. The van der Waals surface area contributed by atoms with Crippen LogP contribution in [0.1, 0.15) is 305 Å². The normalized spacial score (nSPS) is 15.1. The molecule has 4 unspecified atom stereocenters. The van der Waals surface area contributed by atoms with Crippen molar-refractivity contribution in [3.8, 4) is 0 Å². The van der Waals surface area contributed by atoms with E-state index in [9.17, 15) is 43.2 Å². The Labute approximate surface area is 498 Å². The number of unbranched alkanes of at least 4 members (excludes halogenated alkanes) is 27. The molecule has 3 N–H and O–H groups in total. The van der Waals surface area contributed by atoms with Gasteiger partial charge in [-0.25, -0.2) is 9.13 Å². The van der Waals surface area contributed by atoms with Crippen LogP contribution >= 0.6 is 15.6 Å². The van der Waals surface area contributed by atoms with Crippen LogP contribution in [0.2, 0.25) is 0 Å². The van der Waals surface area contributed by atoms with Crippen LogP contribution in [0.5, 0.6) is 0 Å². The number of hydrogen-bond acceptors (Lipinski definition) is 15. The Balaban J connectivity index is 5.16. The van der Waals surface area contributed by atoms with Gasteiger partial charge in [-0.1, -0.05) is 254 Å². The van der Waals surface area contributed by atoms with Gasteiger partial charge in [0.1, 0.15) is 19.3 Å². The largest absolute Gasteiger partial charge is 0.472 e. The van der Waals surface area contributed by atoms with E-state index in [1.807, 2.05) is 0 Å². The first-order chi connectivity index (χ1) is 39.3. The van der Waals surface area contributed by atoms with Crippen LogP contribution in [0, 0.1) is 17.8 Å². The minimum absolute atomic E-state index is 0.102. The molecule has 0 rings (SSSR count). The fraction of sp³-hybridized carbons (Fsp3) is 0.937. The number of ether oxygens (including phenoxy) is 4. The lowest BCUT2D eigenvalue weighted by atomic mass is 10.00. The smallest absolute Gasteiger partial charge is 0.462 e. The molecule has 0 aromatic rings. The summed E-state index contributed by atoms with van der Waals surface area (Å²) < 4.78 is 67.7. The zero-order valence-corrected chi connectivity index (χ0v) is 54.7. The third-order valence-corrected chi connectivity index (χ3v) is 17.0. The molecule has 82 heavy (non-hydrogen) atoms. The molecule has 7 atom stereocenters. The molecule has 0 aromatic carbocycles. The Morgan fingerprint density at radius 1 is 0.354 bits per heavy atom. The summed E-state index contributed by atoms with van der Waals surface area (Å²) in [6, 6.07) is 0. The van der Waals surface area contributed by atoms with Gasteiger partial charge in [0, 0.05) is 25.7 Å². The fourth-order valence-electron chi connectivity index (χ4n) is 9.24. The van der Waals surface area contributed by atoms with Crippen molar-refractivity contribution in [2.24, 2.45) is 17.8 Å². The molecule has 0 aromatic heterocycles. The monoisotopic (exact) mass is 1210 g/mol. The Morgan fingerprint density at radius 3 is 0.927 bits per heavy atom. The van der Waals surface area contributed by atoms with Crippen LogP contribution in [-0.4, -0.2) is 96.7 Å². The van der Waals surface area contributed by atoms with Crippen LogP contribution in [-0.2, 0) is 65.4 Å². The number of phosphoric acid groups is 2. The van der Waals surface area contributed by atoms with Crippen molar-refractivity contribution in [1.29, 1.82) is 0 Å². The van der Waals surface area contributed by atoms with E-state index in [1.165, 1.54) is 103 Å². The number of rotatable bonds is 61. The van der Waals surface area contributed by atoms with E-state index in [0.717, 1.165) is 120 Å². The van der Waals surface area contributed by atoms with Gasteiger partial charge in [-0.05, 0) is 43.4 Å². The van der Waals surface area contributed by atoms with E-state index in [-0.39, 0.29) is 25.7 Å². The van der Waals surface area contributed by atoms with Crippen LogP contribution in [0.15, 0.2) is 0 Å². The standard InChI is InChI=1S/C63H122O17P2/c1-8-11-12-27-37-44-60(65)73-50-58(80-63(68)47-40-33-26-24-30-36-43-56(7)10-3)52-77-81(69,70)75-48-57(64)49-76-82(71,72)78-53-59(51-74-61(66)45-38-31-25-23-29-35-42-55(6)9-2)79-62(67)46-39-32-22-20-18-16-14-13-15-17-19-21-28-34-41-54(4)5/h54-59,64H,8-53H2,1-7H3,(H,69,70)(H,71,72)/t55?,56?,57-,58+,59+/m0/s1. The lowest BCUT2D eigenvalue weighted by molar-refractivity contribution is -0.161. The average molecular weight is 1210 g/mol. The first-order valence-electron chi connectivity index (χ1n) is 32.9. The van der Waals surface area contributed by atoms with Gasteiger partial charge in [0.2, 0.25) is 0 Å². The molecular weight excluding hydrogens is 1090 g/mol. The molecule has 0 aliphatic carbocycles. The highest BCUT2D eigenvalue weighted by Crippen LogP contribution is 2.45.